The van der Waals surface area contributed by atoms with Gasteiger partial charge in [-0.1, -0.05) is 19.3 Å². The molecule has 1 aliphatic carbocycles. The molecule has 0 saturated heterocycles. The summed E-state index contributed by atoms with van der Waals surface area (Å²) in [7, 11) is 0. The minimum absolute atomic E-state index is 0.0298. The van der Waals surface area contributed by atoms with Crippen molar-refractivity contribution in [1.82, 2.24) is 5.32 Å². The number of halogens is 4. The molecular formula is C15H18F4N2S. The van der Waals surface area contributed by atoms with E-state index < -0.39 is 18.4 Å². The van der Waals surface area contributed by atoms with Crippen LogP contribution in [0.5, 0.6) is 0 Å². The first-order chi connectivity index (χ1) is 10.4. The van der Waals surface area contributed by atoms with Gasteiger partial charge in [-0.05, 0) is 48.8 Å². The predicted octanol–water partition coefficient (Wildman–Crippen LogP) is 4.79. The summed E-state index contributed by atoms with van der Waals surface area (Å²) < 4.78 is 51.1. The van der Waals surface area contributed by atoms with Crippen LogP contribution in [0.2, 0.25) is 0 Å². The fraction of sp³-hybridized carbons (Fsp3) is 0.533. The summed E-state index contributed by atoms with van der Waals surface area (Å²) in [5, 5.41) is 6.11. The largest absolute Gasteiger partial charge is 0.416 e. The van der Waals surface area contributed by atoms with E-state index in [0.29, 0.717) is 0 Å². The quantitative estimate of drug-likeness (QED) is 0.614. The van der Waals surface area contributed by atoms with Crippen molar-refractivity contribution in [2.24, 2.45) is 0 Å². The zero-order valence-electron chi connectivity index (χ0n) is 12.0. The Morgan fingerprint density at radius 2 is 1.82 bits per heavy atom. The number of rotatable bonds is 3. The Labute approximate surface area is 132 Å². The normalized spacial score (nSPS) is 16.4. The third-order valence-corrected chi connectivity index (χ3v) is 3.89. The molecule has 122 valence electrons. The first-order valence-electron chi connectivity index (χ1n) is 7.23. The van der Waals surface area contributed by atoms with E-state index in [1.807, 2.05) is 0 Å². The van der Waals surface area contributed by atoms with E-state index in [-0.39, 0.29) is 22.4 Å². The Bertz CT molecular complexity index is 525. The van der Waals surface area contributed by atoms with Gasteiger partial charge in [0.05, 0.1) is 5.56 Å². The molecule has 0 bridgehead atoms. The molecule has 2 rings (SSSR count). The van der Waals surface area contributed by atoms with E-state index in [4.69, 9.17) is 12.2 Å². The van der Waals surface area contributed by atoms with Gasteiger partial charge in [0.25, 0.3) is 0 Å². The molecule has 1 aromatic rings. The zero-order valence-corrected chi connectivity index (χ0v) is 12.8. The van der Waals surface area contributed by atoms with Gasteiger partial charge in [0.2, 0.25) is 0 Å². The molecule has 1 saturated carbocycles. The Morgan fingerprint density at radius 3 is 2.41 bits per heavy atom. The highest BCUT2D eigenvalue weighted by molar-refractivity contribution is 7.80. The predicted molar refractivity (Wildman–Crippen MR) is 82.5 cm³/mol. The fourth-order valence-electron chi connectivity index (χ4n) is 2.60. The first kappa shape index (κ1) is 17.0. The molecule has 1 aromatic carbocycles. The Morgan fingerprint density at radius 1 is 1.14 bits per heavy atom. The molecule has 1 fully saturated rings. The van der Waals surface area contributed by atoms with Gasteiger partial charge in [-0.25, -0.2) is 4.39 Å². The summed E-state index contributed by atoms with van der Waals surface area (Å²) in [6.45, 7) is -0.957. The molecule has 0 spiro atoms. The average molecular weight is 334 g/mol. The van der Waals surface area contributed by atoms with Crippen LogP contribution in [0.25, 0.3) is 0 Å². The minimum Gasteiger partial charge on any atom is -0.360 e. The zero-order chi connectivity index (χ0) is 16.2. The lowest BCUT2D eigenvalue weighted by Gasteiger charge is -2.24. The number of benzene rings is 1. The maximum absolute atomic E-state index is 12.8. The average Bonchev–Trinajstić information content (AvgIpc) is 2.46. The number of hydrogen-bond acceptors (Lipinski definition) is 1. The maximum Gasteiger partial charge on any atom is 0.416 e. The van der Waals surface area contributed by atoms with Crippen molar-refractivity contribution >= 4 is 23.0 Å². The molecule has 0 heterocycles. The summed E-state index contributed by atoms with van der Waals surface area (Å²) in [5.74, 6) is 0. The van der Waals surface area contributed by atoms with E-state index in [1.165, 1.54) is 12.5 Å². The summed E-state index contributed by atoms with van der Waals surface area (Å²) >= 11 is 5.14. The lowest BCUT2D eigenvalue weighted by atomic mass is 9.96. The van der Waals surface area contributed by atoms with Crippen molar-refractivity contribution in [2.45, 2.75) is 51.0 Å². The van der Waals surface area contributed by atoms with Crippen molar-refractivity contribution in [3.8, 4) is 0 Å². The number of hydrogen-bond donors (Lipinski definition) is 2. The van der Waals surface area contributed by atoms with Gasteiger partial charge < -0.3 is 10.6 Å². The summed E-state index contributed by atoms with van der Waals surface area (Å²) in [4.78, 5) is 0. The van der Waals surface area contributed by atoms with E-state index >= 15 is 0 Å². The number of alkyl halides is 4. The van der Waals surface area contributed by atoms with Gasteiger partial charge in [0.15, 0.2) is 5.11 Å². The number of anilines is 1. The van der Waals surface area contributed by atoms with Gasteiger partial charge in [0.1, 0.15) is 6.67 Å². The highest BCUT2D eigenvalue weighted by Crippen LogP contribution is 2.32. The third kappa shape index (κ3) is 4.83. The van der Waals surface area contributed by atoms with Crippen LogP contribution in [0.15, 0.2) is 18.2 Å². The fourth-order valence-corrected chi connectivity index (χ4v) is 2.89. The molecule has 0 atom stereocenters. The van der Waals surface area contributed by atoms with Crippen LogP contribution in [0, 0.1) is 0 Å². The van der Waals surface area contributed by atoms with Crippen LogP contribution in [0.3, 0.4) is 0 Å². The van der Waals surface area contributed by atoms with Crippen LogP contribution in [-0.4, -0.2) is 11.2 Å². The number of nitrogens with one attached hydrogen (secondary N) is 2. The Kier molecular flexibility index (Phi) is 5.61. The minimum atomic E-state index is -4.51. The highest BCUT2D eigenvalue weighted by Gasteiger charge is 2.31. The lowest BCUT2D eigenvalue weighted by molar-refractivity contribution is -0.137. The summed E-state index contributed by atoms with van der Waals surface area (Å²) in [5.41, 5.74) is -0.765. The van der Waals surface area contributed by atoms with E-state index in [0.717, 1.165) is 37.8 Å². The molecule has 22 heavy (non-hydrogen) atoms. The number of thiocarbonyl (C=S) groups is 1. The molecule has 0 amide bonds. The van der Waals surface area contributed by atoms with Gasteiger partial charge >= 0.3 is 6.18 Å². The molecule has 0 unspecified atom stereocenters. The molecule has 2 nitrogen and oxygen atoms in total. The summed E-state index contributed by atoms with van der Waals surface area (Å²) in [6.07, 6.45) is 0.928. The van der Waals surface area contributed by atoms with E-state index in [2.05, 4.69) is 10.6 Å². The van der Waals surface area contributed by atoms with Gasteiger partial charge in [-0.3, -0.25) is 0 Å². The SMILES string of the molecule is FCc1cc(NC(=S)NC2CCCCC2)cc(C(F)(F)F)c1. The standard InChI is InChI=1S/C15H18F4N2S/c16-9-10-6-11(15(17,18)19)8-13(7-10)21-14(22)20-12-4-2-1-3-5-12/h6-8,12H,1-5,9H2,(H2,20,21,22). The first-order valence-corrected chi connectivity index (χ1v) is 7.64. The van der Waals surface area contributed by atoms with Gasteiger partial charge in [0, 0.05) is 11.7 Å². The summed E-state index contributed by atoms with van der Waals surface area (Å²) in [6, 6.07) is 3.33. The molecule has 0 aromatic heterocycles. The molecular weight excluding hydrogens is 316 g/mol. The second kappa shape index (κ2) is 7.26. The monoisotopic (exact) mass is 334 g/mol. The van der Waals surface area contributed by atoms with E-state index in [9.17, 15) is 17.6 Å². The van der Waals surface area contributed by atoms with Crippen molar-refractivity contribution in [1.29, 1.82) is 0 Å². The maximum atomic E-state index is 12.8. The molecule has 1 aliphatic rings. The molecule has 0 aliphatic heterocycles. The van der Waals surface area contributed by atoms with Crippen molar-refractivity contribution in [2.75, 3.05) is 5.32 Å². The van der Waals surface area contributed by atoms with Gasteiger partial charge in [-0.15, -0.1) is 0 Å². The van der Waals surface area contributed by atoms with Crippen LogP contribution < -0.4 is 10.6 Å². The van der Waals surface area contributed by atoms with Crippen LogP contribution in [0.4, 0.5) is 23.2 Å². The molecule has 2 N–H and O–H groups in total. The van der Waals surface area contributed by atoms with Gasteiger partial charge in [-0.2, -0.15) is 13.2 Å². The van der Waals surface area contributed by atoms with Crippen molar-refractivity contribution in [3.05, 3.63) is 29.3 Å². The van der Waals surface area contributed by atoms with Crippen LogP contribution in [-0.2, 0) is 12.9 Å². The Balaban J connectivity index is 2.06. The lowest BCUT2D eigenvalue weighted by Crippen LogP contribution is -2.38. The van der Waals surface area contributed by atoms with Crippen molar-refractivity contribution < 1.29 is 17.6 Å². The van der Waals surface area contributed by atoms with Crippen LogP contribution in [0.1, 0.15) is 43.2 Å². The molecule has 0 radical (unpaired) electrons. The van der Waals surface area contributed by atoms with E-state index in [1.54, 1.807) is 0 Å². The highest BCUT2D eigenvalue weighted by atomic mass is 32.1. The topological polar surface area (TPSA) is 24.1 Å². The smallest absolute Gasteiger partial charge is 0.360 e. The van der Waals surface area contributed by atoms with Crippen LogP contribution >= 0.6 is 12.2 Å². The second-order valence-corrected chi connectivity index (χ2v) is 5.89. The third-order valence-electron chi connectivity index (χ3n) is 3.67. The Hall–Kier alpha value is -1.37. The van der Waals surface area contributed by atoms with Crippen molar-refractivity contribution in [3.63, 3.8) is 0 Å². The second-order valence-electron chi connectivity index (χ2n) is 5.48. The molecule has 7 heteroatoms.